The van der Waals surface area contributed by atoms with Gasteiger partial charge in [-0.3, -0.25) is 9.78 Å². The van der Waals surface area contributed by atoms with Crippen molar-refractivity contribution in [1.29, 1.82) is 0 Å². The van der Waals surface area contributed by atoms with Crippen LogP contribution in [0, 0.1) is 5.41 Å². The molecule has 1 amide bonds. The van der Waals surface area contributed by atoms with Gasteiger partial charge in [0.1, 0.15) is 0 Å². The van der Waals surface area contributed by atoms with E-state index in [4.69, 9.17) is 0 Å². The number of hydrogen-bond donors (Lipinski definition) is 1. The number of nitrogens with zero attached hydrogens (tertiary/aromatic N) is 2. The van der Waals surface area contributed by atoms with Gasteiger partial charge in [-0.25, -0.2) is 0 Å². The fraction of sp³-hybridized carbons (Fsp3) is 0.412. The second-order valence-corrected chi connectivity index (χ2v) is 6.28. The Morgan fingerprint density at radius 1 is 1.24 bits per heavy atom. The molecule has 0 saturated carbocycles. The fourth-order valence-corrected chi connectivity index (χ4v) is 3.70. The Bertz CT molecular complexity index is 686. The van der Waals surface area contributed by atoms with Crippen molar-refractivity contribution in [2.24, 2.45) is 5.41 Å². The van der Waals surface area contributed by atoms with E-state index in [-0.39, 0.29) is 5.91 Å². The molecule has 1 N–H and O–H groups in total. The van der Waals surface area contributed by atoms with Crippen molar-refractivity contribution < 1.29 is 4.79 Å². The second kappa shape index (κ2) is 4.81. The molecule has 21 heavy (non-hydrogen) atoms. The lowest BCUT2D eigenvalue weighted by Gasteiger charge is -2.23. The maximum Gasteiger partial charge on any atom is 0.256 e. The normalized spacial score (nSPS) is 25.0. The Labute approximate surface area is 124 Å². The molecular formula is C17H19N3O. The van der Waals surface area contributed by atoms with Gasteiger partial charge < -0.3 is 10.2 Å². The van der Waals surface area contributed by atoms with Gasteiger partial charge in [0.15, 0.2) is 0 Å². The minimum absolute atomic E-state index is 0.128. The lowest BCUT2D eigenvalue weighted by atomic mass is 9.86. The first-order valence-corrected chi connectivity index (χ1v) is 7.61. The first-order chi connectivity index (χ1) is 10.3. The summed E-state index contributed by atoms with van der Waals surface area (Å²) >= 11 is 0. The third-order valence-electron chi connectivity index (χ3n) is 4.92. The highest BCUT2D eigenvalue weighted by molar-refractivity contribution is 6.05. The summed E-state index contributed by atoms with van der Waals surface area (Å²) in [7, 11) is 0. The minimum Gasteiger partial charge on any atom is -0.338 e. The molecule has 1 atom stereocenters. The van der Waals surface area contributed by atoms with Crippen molar-refractivity contribution in [2.45, 2.75) is 12.8 Å². The van der Waals surface area contributed by atoms with Crippen molar-refractivity contribution in [3.63, 3.8) is 0 Å². The molecule has 108 valence electrons. The number of aromatic nitrogens is 1. The van der Waals surface area contributed by atoms with E-state index in [0.29, 0.717) is 5.41 Å². The Morgan fingerprint density at radius 3 is 3.00 bits per heavy atom. The molecular weight excluding hydrogens is 262 g/mol. The highest BCUT2D eigenvalue weighted by atomic mass is 16.2. The number of rotatable bonds is 1. The largest absolute Gasteiger partial charge is 0.338 e. The van der Waals surface area contributed by atoms with Crippen LogP contribution in [0.25, 0.3) is 10.9 Å². The van der Waals surface area contributed by atoms with Gasteiger partial charge in [-0.15, -0.1) is 0 Å². The topological polar surface area (TPSA) is 45.2 Å². The zero-order valence-corrected chi connectivity index (χ0v) is 12.0. The van der Waals surface area contributed by atoms with E-state index < -0.39 is 0 Å². The predicted molar refractivity (Wildman–Crippen MR) is 82.2 cm³/mol. The number of carbonyl (C=O) groups is 1. The molecule has 0 bridgehead atoms. The van der Waals surface area contributed by atoms with Gasteiger partial charge in [-0.1, -0.05) is 18.2 Å². The molecule has 2 aliphatic heterocycles. The third kappa shape index (κ3) is 2.10. The molecule has 0 radical (unpaired) electrons. The summed E-state index contributed by atoms with van der Waals surface area (Å²) in [5.41, 5.74) is 1.86. The lowest BCUT2D eigenvalue weighted by Crippen LogP contribution is -2.33. The van der Waals surface area contributed by atoms with E-state index in [1.807, 2.05) is 35.2 Å². The Balaban J connectivity index is 1.65. The molecule has 1 unspecified atom stereocenters. The zero-order chi connectivity index (χ0) is 14.3. The summed E-state index contributed by atoms with van der Waals surface area (Å²) < 4.78 is 0. The quantitative estimate of drug-likeness (QED) is 0.870. The van der Waals surface area contributed by atoms with Gasteiger partial charge in [0.2, 0.25) is 0 Å². The first kappa shape index (κ1) is 12.8. The van der Waals surface area contributed by atoms with E-state index in [2.05, 4.69) is 10.3 Å². The van der Waals surface area contributed by atoms with Gasteiger partial charge in [0.25, 0.3) is 5.91 Å². The van der Waals surface area contributed by atoms with Crippen molar-refractivity contribution in [3.05, 3.63) is 42.1 Å². The summed E-state index contributed by atoms with van der Waals surface area (Å²) in [6.07, 6.45) is 4.06. The molecule has 1 spiro atoms. The average molecular weight is 281 g/mol. The van der Waals surface area contributed by atoms with Crippen molar-refractivity contribution >= 4 is 16.8 Å². The fourth-order valence-electron chi connectivity index (χ4n) is 3.70. The second-order valence-electron chi connectivity index (χ2n) is 6.28. The molecule has 2 aromatic rings. The molecule has 2 fully saturated rings. The minimum atomic E-state index is 0.128. The summed E-state index contributed by atoms with van der Waals surface area (Å²) in [4.78, 5) is 19.3. The maximum atomic E-state index is 12.9. The Hall–Kier alpha value is -1.94. The van der Waals surface area contributed by atoms with Crippen LogP contribution in [-0.4, -0.2) is 42.0 Å². The molecule has 1 aromatic heterocycles. The van der Waals surface area contributed by atoms with Gasteiger partial charge in [-0.05, 0) is 31.5 Å². The number of pyridine rings is 1. The Kier molecular flexibility index (Phi) is 2.93. The molecule has 0 aliphatic carbocycles. The highest BCUT2D eigenvalue weighted by Gasteiger charge is 2.42. The van der Waals surface area contributed by atoms with Gasteiger partial charge in [-0.2, -0.15) is 0 Å². The summed E-state index contributed by atoms with van der Waals surface area (Å²) in [5, 5.41) is 4.46. The molecule has 3 heterocycles. The van der Waals surface area contributed by atoms with E-state index in [1.165, 1.54) is 6.42 Å². The van der Waals surface area contributed by atoms with Crippen LogP contribution in [0.15, 0.2) is 36.5 Å². The monoisotopic (exact) mass is 281 g/mol. The van der Waals surface area contributed by atoms with Crippen LogP contribution in [-0.2, 0) is 0 Å². The number of likely N-dealkylation sites (tertiary alicyclic amines) is 1. The standard InChI is InChI=1S/C17H19N3O/c21-16(20-10-7-17(12-20)6-9-18-11-17)14-5-1-3-13-4-2-8-19-15(13)14/h1-5,8,18H,6-7,9-12H2. The molecule has 2 saturated heterocycles. The van der Waals surface area contributed by atoms with Crippen LogP contribution in [0.4, 0.5) is 0 Å². The van der Waals surface area contributed by atoms with Crippen molar-refractivity contribution in [2.75, 3.05) is 26.2 Å². The van der Waals surface area contributed by atoms with Crippen LogP contribution in [0.2, 0.25) is 0 Å². The van der Waals surface area contributed by atoms with Crippen LogP contribution in [0.3, 0.4) is 0 Å². The maximum absolute atomic E-state index is 12.9. The summed E-state index contributed by atoms with van der Waals surface area (Å²) in [6, 6.07) is 9.76. The van der Waals surface area contributed by atoms with Gasteiger partial charge >= 0.3 is 0 Å². The molecule has 4 heteroatoms. The van der Waals surface area contributed by atoms with E-state index >= 15 is 0 Å². The number of benzene rings is 1. The lowest BCUT2D eigenvalue weighted by molar-refractivity contribution is 0.0777. The third-order valence-corrected chi connectivity index (χ3v) is 4.92. The number of fused-ring (bicyclic) bond motifs is 1. The number of hydrogen-bond acceptors (Lipinski definition) is 3. The zero-order valence-electron chi connectivity index (χ0n) is 12.0. The molecule has 4 nitrogen and oxygen atoms in total. The summed E-state index contributed by atoms with van der Waals surface area (Å²) in [5.74, 6) is 0.128. The van der Waals surface area contributed by atoms with Gasteiger partial charge in [0, 0.05) is 36.6 Å². The Morgan fingerprint density at radius 2 is 2.14 bits per heavy atom. The summed E-state index contributed by atoms with van der Waals surface area (Å²) in [6.45, 7) is 3.87. The van der Waals surface area contributed by atoms with Gasteiger partial charge in [0.05, 0.1) is 11.1 Å². The average Bonchev–Trinajstić information content (AvgIpc) is 3.17. The molecule has 4 rings (SSSR count). The number of para-hydroxylation sites is 1. The van der Waals surface area contributed by atoms with Crippen molar-refractivity contribution in [1.82, 2.24) is 15.2 Å². The first-order valence-electron chi connectivity index (χ1n) is 7.61. The van der Waals surface area contributed by atoms with E-state index in [0.717, 1.165) is 49.1 Å². The number of nitrogens with one attached hydrogen (secondary N) is 1. The molecule has 2 aliphatic rings. The van der Waals surface area contributed by atoms with Crippen LogP contribution >= 0.6 is 0 Å². The predicted octanol–water partition coefficient (Wildman–Crippen LogP) is 2.06. The van der Waals surface area contributed by atoms with E-state index in [9.17, 15) is 4.79 Å². The molecule has 1 aromatic carbocycles. The SMILES string of the molecule is O=C(c1cccc2cccnc12)N1CCC2(CCNC2)C1. The highest BCUT2D eigenvalue weighted by Crippen LogP contribution is 2.36. The smallest absolute Gasteiger partial charge is 0.256 e. The van der Waals surface area contributed by atoms with Crippen LogP contribution in [0.5, 0.6) is 0 Å². The van der Waals surface area contributed by atoms with E-state index in [1.54, 1.807) is 6.20 Å². The number of carbonyl (C=O) groups excluding carboxylic acids is 1. The van der Waals surface area contributed by atoms with Crippen LogP contribution in [0.1, 0.15) is 23.2 Å². The number of amides is 1. The van der Waals surface area contributed by atoms with Crippen LogP contribution < -0.4 is 5.32 Å². The van der Waals surface area contributed by atoms with Crippen molar-refractivity contribution in [3.8, 4) is 0 Å².